The van der Waals surface area contributed by atoms with E-state index in [1.54, 1.807) is 0 Å². The highest BCUT2D eigenvalue weighted by atomic mass is 32.2. The van der Waals surface area contributed by atoms with Crippen LogP contribution in [0.4, 0.5) is 0 Å². The van der Waals surface area contributed by atoms with Gasteiger partial charge in [-0.25, -0.2) is 8.42 Å². The van der Waals surface area contributed by atoms with Crippen LogP contribution in [0, 0.1) is 11.8 Å². The van der Waals surface area contributed by atoms with Gasteiger partial charge in [-0.05, 0) is 43.9 Å². The Balaban J connectivity index is 1.82. The van der Waals surface area contributed by atoms with Crippen LogP contribution in [0.3, 0.4) is 0 Å². The van der Waals surface area contributed by atoms with Gasteiger partial charge in [0.2, 0.25) is 0 Å². The van der Waals surface area contributed by atoms with Crippen molar-refractivity contribution in [2.24, 2.45) is 11.8 Å². The maximum Gasteiger partial charge on any atom is 0.150 e. The monoisotopic (exact) mass is 289 g/mol. The summed E-state index contributed by atoms with van der Waals surface area (Å²) in [5.74, 6) is 1.73. The molecule has 19 heavy (non-hydrogen) atoms. The Labute approximate surface area is 116 Å². The molecule has 0 amide bonds. The van der Waals surface area contributed by atoms with Gasteiger partial charge in [-0.1, -0.05) is 13.8 Å². The maximum absolute atomic E-state index is 11.4. The topological polar surface area (TPSA) is 66.4 Å². The van der Waals surface area contributed by atoms with E-state index in [4.69, 9.17) is 0 Å². The normalized spacial score (nSPS) is 37.9. The molecule has 2 aliphatic rings. The molecule has 1 saturated heterocycles. The van der Waals surface area contributed by atoms with E-state index in [0.29, 0.717) is 25.4 Å². The Morgan fingerprint density at radius 2 is 1.63 bits per heavy atom. The SMILES string of the molecule is CC1CC(C)CC(NCC2(O)CCS(=O)(=O)CC2)C1. The second kappa shape index (κ2) is 5.70. The third kappa shape index (κ3) is 4.43. The summed E-state index contributed by atoms with van der Waals surface area (Å²) in [4.78, 5) is 0. The second-order valence-electron chi connectivity index (χ2n) is 6.87. The van der Waals surface area contributed by atoms with Crippen LogP contribution in [0.2, 0.25) is 0 Å². The number of rotatable bonds is 3. The van der Waals surface area contributed by atoms with Gasteiger partial charge in [-0.15, -0.1) is 0 Å². The standard InChI is InChI=1S/C14H27NO3S/c1-11-7-12(2)9-13(8-11)15-10-14(16)3-5-19(17,18)6-4-14/h11-13,15-16H,3-10H2,1-2H3. The Hall–Kier alpha value is -0.130. The van der Waals surface area contributed by atoms with Gasteiger partial charge in [0.25, 0.3) is 0 Å². The third-order valence-electron chi connectivity index (χ3n) is 4.66. The van der Waals surface area contributed by atoms with Crippen LogP contribution in [0.1, 0.15) is 46.0 Å². The smallest absolute Gasteiger partial charge is 0.150 e. The molecule has 2 fully saturated rings. The molecule has 0 aromatic carbocycles. The second-order valence-corrected chi connectivity index (χ2v) is 9.18. The Bertz CT molecular complexity index is 383. The van der Waals surface area contributed by atoms with Gasteiger partial charge in [-0.3, -0.25) is 0 Å². The molecule has 2 atom stereocenters. The minimum Gasteiger partial charge on any atom is -0.388 e. The van der Waals surface area contributed by atoms with Gasteiger partial charge >= 0.3 is 0 Å². The van der Waals surface area contributed by atoms with Crippen molar-refractivity contribution in [2.45, 2.75) is 57.6 Å². The minimum absolute atomic E-state index is 0.128. The number of hydrogen-bond acceptors (Lipinski definition) is 4. The zero-order valence-corrected chi connectivity index (χ0v) is 12.9. The quantitative estimate of drug-likeness (QED) is 0.823. The van der Waals surface area contributed by atoms with E-state index in [-0.39, 0.29) is 11.5 Å². The first-order valence-electron chi connectivity index (χ1n) is 7.44. The van der Waals surface area contributed by atoms with E-state index >= 15 is 0 Å². The summed E-state index contributed by atoms with van der Waals surface area (Å²) in [6, 6.07) is 0.473. The number of aliphatic hydroxyl groups is 1. The molecule has 0 spiro atoms. The van der Waals surface area contributed by atoms with Gasteiger partial charge in [0.05, 0.1) is 17.1 Å². The highest BCUT2D eigenvalue weighted by Crippen LogP contribution is 2.29. The van der Waals surface area contributed by atoms with Crippen molar-refractivity contribution in [2.75, 3.05) is 18.1 Å². The first kappa shape index (κ1) is 15.3. The Kier molecular flexibility index (Phi) is 4.58. The fraction of sp³-hybridized carbons (Fsp3) is 1.00. The van der Waals surface area contributed by atoms with Crippen LogP contribution in [-0.2, 0) is 9.84 Å². The van der Waals surface area contributed by atoms with Crippen molar-refractivity contribution in [1.29, 1.82) is 0 Å². The molecule has 2 unspecified atom stereocenters. The lowest BCUT2D eigenvalue weighted by Crippen LogP contribution is -2.50. The molecule has 4 nitrogen and oxygen atoms in total. The summed E-state index contributed by atoms with van der Waals surface area (Å²) < 4.78 is 22.8. The Morgan fingerprint density at radius 3 is 2.16 bits per heavy atom. The summed E-state index contributed by atoms with van der Waals surface area (Å²) in [6.45, 7) is 5.10. The summed E-state index contributed by atoms with van der Waals surface area (Å²) in [7, 11) is -2.90. The highest BCUT2D eigenvalue weighted by molar-refractivity contribution is 7.91. The van der Waals surface area contributed by atoms with Gasteiger partial charge in [0.15, 0.2) is 9.84 Å². The van der Waals surface area contributed by atoms with E-state index in [1.165, 1.54) is 19.3 Å². The molecule has 1 aliphatic heterocycles. The van der Waals surface area contributed by atoms with Crippen molar-refractivity contribution >= 4 is 9.84 Å². The first-order chi connectivity index (χ1) is 8.78. The predicted molar refractivity (Wildman–Crippen MR) is 76.8 cm³/mol. The van der Waals surface area contributed by atoms with E-state index < -0.39 is 15.4 Å². The zero-order chi connectivity index (χ0) is 14.1. The molecule has 1 saturated carbocycles. The van der Waals surface area contributed by atoms with Crippen LogP contribution >= 0.6 is 0 Å². The molecule has 2 N–H and O–H groups in total. The summed E-state index contributed by atoms with van der Waals surface area (Å²) in [6.07, 6.45) is 4.37. The third-order valence-corrected chi connectivity index (χ3v) is 6.31. The van der Waals surface area contributed by atoms with E-state index in [1.807, 2.05) is 0 Å². The zero-order valence-electron chi connectivity index (χ0n) is 12.1. The highest BCUT2D eigenvalue weighted by Gasteiger charge is 2.36. The molecular weight excluding hydrogens is 262 g/mol. The lowest BCUT2D eigenvalue weighted by molar-refractivity contribution is 0.0249. The molecule has 0 aromatic heterocycles. The molecule has 0 radical (unpaired) electrons. The largest absolute Gasteiger partial charge is 0.388 e. The lowest BCUT2D eigenvalue weighted by atomic mass is 9.80. The molecular formula is C14H27NO3S. The van der Waals surface area contributed by atoms with Crippen molar-refractivity contribution in [3.05, 3.63) is 0 Å². The molecule has 112 valence electrons. The molecule has 0 aromatic rings. The van der Waals surface area contributed by atoms with E-state index in [2.05, 4.69) is 19.2 Å². The van der Waals surface area contributed by atoms with Crippen LogP contribution in [0.25, 0.3) is 0 Å². The lowest BCUT2D eigenvalue weighted by Gasteiger charge is -2.37. The van der Waals surface area contributed by atoms with Crippen LogP contribution in [-0.4, -0.2) is 43.2 Å². The van der Waals surface area contributed by atoms with Gasteiger partial charge in [-0.2, -0.15) is 0 Å². The number of hydrogen-bond donors (Lipinski definition) is 2. The van der Waals surface area contributed by atoms with Crippen molar-refractivity contribution in [1.82, 2.24) is 5.32 Å². The van der Waals surface area contributed by atoms with E-state index in [0.717, 1.165) is 11.8 Å². The predicted octanol–water partition coefficient (Wildman–Crippen LogP) is 1.34. The first-order valence-corrected chi connectivity index (χ1v) is 9.26. The summed E-state index contributed by atoms with van der Waals surface area (Å²) in [5.41, 5.74) is -0.824. The molecule has 5 heteroatoms. The van der Waals surface area contributed by atoms with Crippen molar-refractivity contribution in [3.8, 4) is 0 Å². The molecule has 1 aliphatic carbocycles. The average molecular weight is 289 g/mol. The Morgan fingerprint density at radius 1 is 1.11 bits per heavy atom. The minimum atomic E-state index is -2.90. The van der Waals surface area contributed by atoms with Crippen LogP contribution in [0.15, 0.2) is 0 Å². The van der Waals surface area contributed by atoms with Gasteiger partial charge < -0.3 is 10.4 Å². The van der Waals surface area contributed by atoms with E-state index in [9.17, 15) is 13.5 Å². The summed E-state index contributed by atoms with van der Waals surface area (Å²) in [5, 5.41) is 13.9. The van der Waals surface area contributed by atoms with Crippen LogP contribution in [0.5, 0.6) is 0 Å². The average Bonchev–Trinajstić information content (AvgIpc) is 2.30. The molecule has 0 bridgehead atoms. The fourth-order valence-electron chi connectivity index (χ4n) is 3.54. The van der Waals surface area contributed by atoms with Crippen molar-refractivity contribution < 1.29 is 13.5 Å². The number of nitrogens with one attached hydrogen (secondary N) is 1. The maximum atomic E-state index is 11.4. The van der Waals surface area contributed by atoms with Gasteiger partial charge in [0, 0.05) is 12.6 Å². The molecule has 1 heterocycles. The number of sulfone groups is 1. The molecule has 2 rings (SSSR count). The van der Waals surface area contributed by atoms with Crippen LogP contribution < -0.4 is 5.32 Å². The summed E-state index contributed by atoms with van der Waals surface area (Å²) >= 11 is 0. The fourth-order valence-corrected chi connectivity index (χ4v) is 5.13. The van der Waals surface area contributed by atoms with Gasteiger partial charge in [0.1, 0.15) is 0 Å². The van der Waals surface area contributed by atoms with Crippen molar-refractivity contribution in [3.63, 3.8) is 0 Å².